The van der Waals surface area contributed by atoms with Gasteiger partial charge in [-0.2, -0.15) is 0 Å². The van der Waals surface area contributed by atoms with Gasteiger partial charge in [0.05, 0.1) is 5.75 Å². The molecule has 102 valence electrons. The maximum atomic E-state index is 13.4. The Kier molecular flexibility index (Phi) is 3.36. The molecule has 3 nitrogen and oxygen atoms in total. The topological polar surface area (TPSA) is 46.3 Å². The Hall–Kier alpha value is -2.01. The van der Waals surface area contributed by atoms with Crippen molar-refractivity contribution in [3.8, 4) is 0 Å². The van der Waals surface area contributed by atoms with E-state index < -0.39 is 0 Å². The molecule has 3 rings (SSSR count). The predicted molar refractivity (Wildman–Crippen MR) is 79.9 cm³/mol. The van der Waals surface area contributed by atoms with Crippen LogP contribution in [0.25, 0.3) is 0 Å². The average molecular weight is 288 g/mol. The molecule has 0 unspecified atom stereocenters. The number of amides is 1. The molecular weight excluding hydrogens is 275 g/mol. The molecule has 0 spiro atoms. The van der Waals surface area contributed by atoms with Gasteiger partial charge >= 0.3 is 0 Å². The van der Waals surface area contributed by atoms with Crippen LogP contribution < -0.4 is 10.6 Å². The van der Waals surface area contributed by atoms with E-state index in [1.807, 2.05) is 24.3 Å². The summed E-state index contributed by atoms with van der Waals surface area (Å²) in [6.45, 7) is 0. The number of halogens is 1. The van der Waals surface area contributed by atoms with Crippen molar-refractivity contribution in [1.29, 1.82) is 0 Å². The van der Waals surface area contributed by atoms with Gasteiger partial charge in [-0.25, -0.2) is 4.39 Å². The van der Waals surface area contributed by atoms with Gasteiger partial charge in [0.1, 0.15) is 11.2 Å². The molecule has 0 aromatic heterocycles. The number of thioether (sulfide) groups is 1. The van der Waals surface area contributed by atoms with Crippen LogP contribution in [0.5, 0.6) is 0 Å². The maximum Gasteiger partial charge on any atom is 0.238 e. The Morgan fingerprint density at radius 3 is 2.65 bits per heavy atom. The van der Waals surface area contributed by atoms with Crippen molar-refractivity contribution in [3.05, 3.63) is 59.9 Å². The van der Waals surface area contributed by atoms with Crippen molar-refractivity contribution in [2.24, 2.45) is 0 Å². The van der Waals surface area contributed by atoms with Crippen molar-refractivity contribution in [1.82, 2.24) is 0 Å². The zero-order valence-corrected chi connectivity index (χ0v) is 11.4. The Bertz CT molecular complexity index is 645. The van der Waals surface area contributed by atoms with Crippen LogP contribution in [0.2, 0.25) is 0 Å². The highest BCUT2D eigenvalue weighted by atomic mass is 32.2. The van der Waals surface area contributed by atoms with Crippen molar-refractivity contribution in [2.45, 2.75) is 5.37 Å². The third-order valence-corrected chi connectivity index (χ3v) is 4.39. The molecule has 1 amide bonds. The molecule has 0 aliphatic carbocycles. The molecule has 2 N–H and O–H groups in total. The molecule has 2 aromatic rings. The third-order valence-electron chi connectivity index (χ3n) is 3.18. The van der Waals surface area contributed by atoms with Crippen molar-refractivity contribution in [3.63, 3.8) is 0 Å². The monoisotopic (exact) mass is 288 g/mol. The lowest BCUT2D eigenvalue weighted by molar-refractivity contribution is -0.115. The SMILES string of the molecule is Nc1ccc([C@H]2SCC(=O)N2c2cccc(F)c2)cc1. The Balaban J connectivity index is 1.98. The first-order valence-corrected chi connectivity index (χ1v) is 7.25. The van der Waals surface area contributed by atoms with Crippen molar-refractivity contribution in [2.75, 3.05) is 16.4 Å². The lowest BCUT2D eigenvalue weighted by atomic mass is 10.1. The highest BCUT2D eigenvalue weighted by molar-refractivity contribution is 8.00. The second kappa shape index (κ2) is 5.17. The standard InChI is InChI=1S/C15H13FN2OS/c16-11-2-1-3-13(8-11)18-14(19)9-20-15(18)10-4-6-12(17)7-5-10/h1-8,15H,9,17H2/t15-/m1/s1. The number of anilines is 2. The molecule has 1 heterocycles. The smallest absolute Gasteiger partial charge is 0.238 e. The molecule has 1 atom stereocenters. The fraction of sp³-hybridized carbons (Fsp3) is 0.133. The molecule has 20 heavy (non-hydrogen) atoms. The first kappa shape index (κ1) is 13.0. The summed E-state index contributed by atoms with van der Waals surface area (Å²) in [6, 6.07) is 13.5. The largest absolute Gasteiger partial charge is 0.399 e. The van der Waals surface area contributed by atoms with E-state index in [1.165, 1.54) is 23.9 Å². The summed E-state index contributed by atoms with van der Waals surface area (Å²) in [5, 5.41) is -0.134. The predicted octanol–water partition coefficient (Wildman–Crippen LogP) is 3.19. The number of hydrogen-bond acceptors (Lipinski definition) is 3. The van der Waals surface area contributed by atoms with E-state index in [9.17, 15) is 9.18 Å². The van der Waals surface area contributed by atoms with Crippen molar-refractivity contribution < 1.29 is 9.18 Å². The number of benzene rings is 2. The van der Waals surface area contributed by atoms with Crippen molar-refractivity contribution >= 4 is 29.0 Å². The lowest BCUT2D eigenvalue weighted by Gasteiger charge is -2.24. The van der Waals surface area contributed by atoms with Gasteiger partial charge < -0.3 is 5.73 Å². The van der Waals surface area contributed by atoms with Crippen LogP contribution in [0.15, 0.2) is 48.5 Å². The van der Waals surface area contributed by atoms with Crippen LogP contribution in [0.4, 0.5) is 15.8 Å². The number of hydrogen-bond donors (Lipinski definition) is 1. The quantitative estimate of drug-likeness (QED) is 0.863. The molecule has 1 aliphatic heterocycles. The summed E-state index contributed by atoms with van der Waals surface area (Å²) in [5.74, 6) is 0.0386. The van der Waals surface area contributed by atoms with Gasteiger partial charge in [0.25, 0.3) is 0 Å². The molecule has 1 fully saturated rings. The third kappa shape index (κ3) is 2.36. The van der Waals surface area contributed by atoms with Gasteiger partial charge in [0.2, 0.25) is 5.91 Å². The molecule has 1 aliphatic rings. The van der Waals surface area contributed by atoms with E-state index in [1.54, 1.807) is 17.0 Å². The zero-order valence-electron chi connectivity index (χ0n) is 10.6. The minimum absolute atomic E-state index is 0.0116. The fourth-order valence-corrected chi connectivity index (χ4v) is 3.41. The minimum atomic E-state index is -0.344. The average Bonchev–Trinajstić information content (AvgIpc) is 2.81. The van der Waals surface area contributed by atoms with Gasteiger partial charge in [0, 0.05) is 11.4 Å². The first-order valence-electron chi connectivity index (χ1n) is 6.20. The highest BCUT2D eigenvalue weighted by Gasteiger charge is 2.34. The minimum Gasteiger partial charge on any atom is -0.399 e. The van der Waals surface area contributed by atoms with Gasteiger partial charge in [-0.05, 0) is 35.9 Å². The molecule has 1 saturated heterocycles. The van der Waals surface area contributed by atoms with Crippen LogP contribution in [-0.2, 0) is 4.79 Å². The molecule has 5 heteroatoms. The zero-order chi connectivity index (χ0) is 14.1. The van der Waals surface area contributed by atoms with Crippen LogP contribution >= 0.6 is 11.8 Å². The Morgan fingerprint density at radius 1 is 1.20 bits per heavy atom. The van der Waals surface area contributed by atoms with Gasteiger partial charge in [-0.15, -0.1) is 11.8 Å². The van der Waals surface area contributed by atoms with Gasteiger partial charge in [0.15, 0.2) is 0 Å². The van der Waals surface area contributed by atoms with Gasteiger partial charge in [-0.3, -0.25) is 9.69 Å². The van der Waals surface area contributed by atoms with Crippen LogP contribution in [0.1, 0.15) is 10.9 Å². The molecule has 0 radical (unpaired) electrons. The van der Waals surface area contributed by atoms with Crippen LogP contribution in [0.3, 0.4) is 0 Å². The molecular formula is C15H13FN2OS. The number of nitrogen functional groups attached to an aromatic ring is 1. The second-order valence-electron chi connectivity index (χ2n) is 4.57. The second-order valence-corrected chi connectivity index (χ2v) is 5.64. The Labute approximate surface area is 120 Å². The van der Waals surface area contributed by atoms with E-state index in [-0.39, 0.29) is 17.1 Å². The van der Waals surface area contributed by atoms with E-state index in [0.29, 0.717) is 17.1 Å². The molecule has 2 aromatic carbocycles. The summed E-state index contributed by atoms with van der Waals surface area (Å²) < 4.78 is 13.4. The Morgan fingerprint density at radius 2 is 1.95 bits per heavy atom. The summed E-state index contributed by atoms with van der Waals surface area (Å²) in [5.41, 5.74) is 7.93. The van der Waals surface area contributed by atoms with E-state index in [2.05, 4.69) is 0 Å². The van der Waals surface area contributed by atoms with E-state index in [4.69, 9.17) is 5.73 Å². The number of carbonyl (C=O) groups is 1. The fourth-order valence-electron chi connectivity index (χ4n) is 2.24. The van der Waals surface area contributed by atoms with Crippen LogP contribution in [-0.4, -0.2) is 11.7 Å². The number of nitrogens with zero attached hydrogens (tertiary/aromatic N) is 1. The lowest BCUT2D eigenvalue weighted by Crippen LogP contribution is -2.27. The number of carbonyl (C=O) groups excluding carboxylic acids is 1. The summed E-state index contributed by atoms with van der Waals surface area (Å²) in [6.07, 6.45) is 0. The summed E-state index contributed by atoms with van der Waals surface area (Å²) in [7, 11) is 0. The van der Waals surface area contributed by atoms with E-state index >= 15 is 0 Å². The summed E-state index contributed by atoms with van der Waals surface area (Å²) >= 11 is 1.53. The highest BCUT2D eigenvalue weighted by Crippen LogP contribution is 2.41. The van der Waals surface area contributed by atoms with Crippen LogP contribution in [0, 0.1) is 5.82 Å². The van der Waals surface area contributed by atoms with Gasteiger partial charge in [-0.1, -0.05) is 18.2 Å². The number of rotatable bonds is 2. The molecule has 0 bridgehead atoms. The molecule has 0 saturated carbocycles. The normalized spacial score (nSPS) is 18.6. The van der Waals surface area contributed by atoms with E-state index in [0.717, 1.165) is 5.56 Å². The maximum absolute atomic E-state index is 13.4. The number of nitrogens with two attached hydrogens (primary N) is 1. The first-order chi connectivity index (χ1) is 9.65. The summed E-state index contributed by atoms with van der Waals surface area (Å²) in [4.78, 5) is 13.7.